The van der Waals surface area contributed by atoms with Crippen molar-refractivity contribution < 1.29 is 4.39 Å². The first-order chi connectivity index (χ1) is 9.49. The number of allylic oxidation sites excluding steroid dienone is 1. The summed E-state index contributed by atoms with van der Waals surface area (Å²) in [7, 11) is 0. The van der Waals surface area contributed by atoms with Gasteiger partial charge in [-0.3, -0.25) is 0 Å². The van der Waals surface area contributed by atoms with E-state index < -0.39 is 0 Å². The molecule has 0 aliphatic carbocycles. The Morgan fingerprint density at radius 3 is 2.35 bits per heavy atom. The highest BCUT2D eigenvalue weighted by Gasteiger charge is 2.17. The molecule has 1 aromatic carbocycles. The Kier molecular flexibility index (Phi) is 6.58. The van der Waals surface area contributed by atoms with Crippen molar-refractivity contribution in [3.63, 3.8) is 0 Å². The quantitative estimate of drug-likeness (QED) is 0.516. The third-order valence-electron chi connectivity index (χ3n) is 4.10. The van der Waals surface area contributed by atoms with E-state index in [2.05, 4.69) is 38.8 Å². The summed E-state index contributed by atoms with van der Waals surface area (Å²) in [6.45, 7) is 11.9. The van der Waals surface area contributed by atoms with E-state index in [0.717, 1.165) is 46.4 Å². The number of hydrogen-bond donors (Lipinski definition) is 1. The van der Waals surface area contributed by atoms with E-state index in [0.29, 0.717) is 12.3 Å². The van der Waals surface area contributed by atoms with Crippen LogP contribution in [0, 0.1) is 11.7 Å². The van der Waals surface area contributed by atoms with Crippen LogP contribution in [0.1, 0.15) is 50.8 Å². The van der Waals surface area contributed by atoms with Crippen LogP contribution in [0.3, 0.4) is 0 Å². The van der Waals surface area contributed by atoms with Crippen molar-refractivity contribution >= 4 is 12.6 Å². The number of hydrogen-bond acceptors (Lipinski definition) is 1. The molecule has 0 N–H and O–H groups in total. The van der Waals surface area contributed by atoms with E-state index in [1.165, 1.54) is 0 Å². The Labute approximate surface area is 128 Å². The molecule has 0 bridgehead atoms. The molecule has 110 valence electrons. The molecule has 0 nitrogen and oxygen atoms in total. The van der Waals surface area contributed by atoms with Gasteiger partial charge in [0.25, 0.3) is 0 Å². The molecule has 0 aliphatic heterocycles. The van der Waals surface area contributed by atoms with Gasteiger partial charge >= 0.3 is 0 Å². The van der Waals surface area contributed by atoms with Crippen LogP contribution in [0.2, 0.25) is 0 Å². The van der Waals surface area contributed by atoms with Gasteiger partial charge in [-0.05, 0) is 66.9 Å². The van der Waals surface area contributed by atoms with Crippen LogP contribution in [-0.2, 0) is 19.3 Å². The summed E-state index contributed by atoms with van der Waals surface area (Å²) in [6.07, 6.45) is 3.34. The molecule has 0 fully saturated rings. The van der Waals surface area contributed by atoms with Crippen molar-refractivity contribution in [3.8, 4) is 0 Å². The van der Waals surface area contributed by atoms with Crippen molar-refractivity contribution in [2.45, 2.75) is 58.3 Å². The number of thiol groups is 1. The first-order valence-corrected chi connectivity index (χ1v) is 7.83. The SMILES string of the molecule is C=C=C(C)C(CC)Cc1cc(F)c(CC)c(CC)c1S. The van der Waals surface area contributed by atoms with Crippen LogP contribution in [0.15, 0.2) is 28.8 Å². The zero-order chi connectivity index (χ0) is 15.3. The molecule has 0 heterocycles. The topological polar surface area (TPSA) is 0 Å². The van der Waals surface area contributed by atoms with Gasteiger partial charge in [-0.25, -0.2) is 4.39 Å². The molecule has 0 saturated heterocycles. The molecule has 2 heteroatoms. The van der Waals surface area contributed by atoms with E-state index in [-0.39, 0.29) is 5.82 Å². The molecule has 20 heavy (non-hydrogen) atoms. The normalized spacial score (nSPS) is 12.1. The fraction of sp³-hybridized carbons (Fsp3) is 0.500. The summed E-state index contributed by atoms with van der Waals surface area (Å²) < 4.78 is 14.2. The van der Waals surface area contributed by atoms with Crippen LogP contribution in [0.25, 0.3) is 0 Å². The second kappa shape index (κ2) is 7.71. The third-order valence-corrected chi connectivity index (χ3v) is 4.66. The Hall–Kier alpha value is -0.980. The monoisotopic (exact) mass is 292 g/mol. The first kappa shape index (κ1) is 17.1. The molecule has 1 unspecified atom stereocenters. The minimum Gasteiger partial charge on any atom is -0.207 e. The molecule has 0 radical (unpaired) electrons. The van der Waals surface area contributed by atoms with Gasteiger partial charge in [0, 0.05) is 4.90 Å². The van der Waals surface area contributed by atoms with Crippen molar-refractivity contribution in [2.75, 3.05) is 0 Å². The zero-order valence-electron chi connectivity index (χ0n) is 13.0. The Morgan fingerprint density at radius 1 is 1.30 bits per heavy atom. The first-order valence-electron chi connectivity index (χ1n) is 7.38. The minimum atomic E-state index is -0.0905. The van der Waals surface area contributed by atoms with Crippen LogP contribution in [0.5, 0.6) is 0 Å². The predicted octanol–water partition coefficient (Wildman–Crippen LogP) is 5.54. The predicted molar refractivity (Wildman–Crippen MR) is 88.2 cm³/mol. The highest BCUT2D eigenvalue weighted by atomic mass is 32.1. The maximum atomic E-state index is 14.2. The lowest BCUT2D eigenvalue weighted by molar-refractivity contribution is 0.569. The molecule has 0 spiro atoms. The van der Waals surface area contributed by atoms with Gasteiger partial charge in [-0.15, -0.1) is 18.4 Å². The summed E-state index contributed by atoms with van der Waals surface area (Å²) in [4.78, 5) is 0.959. The molecule has 1 atom stereocenters. The molecule has 0 aliphatic rings. The molecule has 0 saturated carbocycles. The lowest BCUT2D eigenvalue weighted by atomic mass is 9.88. The highest BCUT2D eigenvalue weighted by Crippen LogP contribution is 2.30. The number of halogens is 1. The van der Waals surface area contributed by atoms with Gasteiger partial charge in [0.2, 0.25) is 0 Å². The second-order valence-electron chi connectivity index (χ2n) is 5.20. The standard InChI is InChI=1S/C18H25FS/c1-6-12(5)13(7-2)10-14-11-17(19)15(8-3)16(9-4)18(14)20/h11,13,20H,1,7-10H2,2-5H3. The van der Waals surface area contributed by atoms with Crippen LogP contribution in [-0.4, -0.2) is 0 Å². The van der Waals surface area contributed by atoms with Gasteiger partial charge < -0.3 is 0 Å². The number of benzene rings is 1. The largest absolute Gasteiger partial charge is 0.207 e. The molecule has 1 aromatic rings. The van der Waals surface area contributed by atoms with Gasteiger partial charge in [-0.1, -0.05) is 27.4 Å². The van der Waals surface area contributed by atoms with Gasteiger partial charge in [-0.2, -0.15) is 0 Å². The smallest absolute Gasteiger partial charge is 0.127 e. The zero-order valence-corrected chi connectivity index (χ0v) is 13.9. The second-order valence-corrected chi connectivity index (χ2v) is 5.65. The maximum Gasteiger partial charge on any atom is 0.127 e. The van der Waals surface area contributed by atoms with Crippen molar-refractivity contribution in [1.29, 1.82) is 0 Å². The Balaban J connectivity index is 3.26. The van der Waals surface area contributed by atoms with Crippen molar-refractivity contribution in [2.24, 2.45) is 5.92 Å². The van der Waals surface area contributed by atoms with Crippen LogP contribution in [0.4, 0.5) is 4.39 Å². The summed E-state index contributed by atoms with van der Waals surface area (Å²) in [5.41, 5.74) is 6.97. The van der Waals surface area contributed by atoms with E-state index in [9.17, 15) is 4.39 Å². The lowest BCUT2D eigenvalue weighted by Crippen LogP contribution is -2.08. The fourth-order valence-electron chi connectivity index (χ4n) is 2.72. The molecule has 1 rings (SSSR count). The van der Waals surface area contributed by atoms with Gasteiger partial charge in [0.05, 0.1) is 0 Å². The van der Waals surface area contributed by atoms with Crippen LogP contribution >= 0.6 is 12.6 Å². The summed E-state index contributed by atoms with van der Waals surface area (Å²) >= 11 is 4.66. The Morgan fingerprint density at radius 2 is 1.90 bits per heavy atom. The Bertz CT molecular complexity index is 525. The van der Waals surface area contributed by atoms with E-state index >= 15 is 0 Å². The van der Waals surface area contributed by atoms with Gasteiger partial charge in [0.15, 0.2) is 0 Å². The fourth-order valence-corrected chi connectivity index (χ4v) is 3.17. The van der Waals surface area contributed by atoms with E-state index in [4.69, 9.17) is 0 Å². The lowest BCUT2D eigenvalue weighted by Gasteiger charge is -2.19. The molecule has 0 aromatic heterocycles. The van der Waals surface area contributed by atoms with Crippen molar-refractivity contribution in [1.82, 2.24) is 0 Å². The molecule has 0 amide bonds. The van der Waals surface area contributed by atoms with E-state index in [1.54, 1.807) is 6.07 Å². The van der Waals surface area contributed by atoms with Gasteiger partial charge in [0.1, 0.15) is 5.82 Å². The number of rotatable bonds is 6. The van der Waals surface area contributed by atoms with Crippen molar-refractivity contribution in [3.05, 3.63) is 46.5 Å². The maximum absolute atomic E-state index is 14.2. The summed E-state index contributed by atoms with van der Waals surface area (Å²) in [5.74, 6) is 0.266. The molecular formula is C18H25FS. The third kappa shape index (κ3) is 3.56. The summed E-state index contributed by atoms with van der Waals surface area (Å²) in [5, 5.41) is 0. The average molecular weight is 292 g/mol. The minimum absolute atomic E-state index is 0.0905. The van der Waals surface area contributed by atoms with Crippen LogP contribution < -0.4 is 0 Å². The average Bonchev–Trinajstić information content (AvgIpc) is 2.46. The summed E-state index contributed by atoms with van der Waals surface area (Å²) in [6, 6.07) is 1.67. The highest BCUT2D eigenvalue weighted by molar-refractivity contribution is 7.80. The molecular weight excluding hydrogens is 267 g/mol. The van der Waals surface area contributed by atoms with E-state index in [1.807, 2.05) is 13.8 Å².